The van der Waals surface area contributed by atoms with E-state index in [4.69, 9.17) is 0 Å². The molecule has 0 bridgehead atoms. The molecule has 1 atom stereocenters. The molecular weight excluding hydrogens is 300 g/mol. The van der Waals surface area contributed by atoms with Gasteiger partial charge < -0.3 is 10.6 Å². The number of amides is 2. The van der Waals surface area contributed by atoms with E-state index in [1.807, 2.05) is 0 Å². The van der Waals surface area contributed by atoms with Gasteiger partial charge in [-0.2, -0.15) is 0 Å². The first-order valence-electron chi connectivity index (χ1n) is 9.36. The SMILES string of the molecule is O=C(CCNC(=O)C1CCCC1)NC[C@@H]1CCCc2ccccc21. The van der Waals surface area contributed by atoms with Gasteiger partial charge in [-0.15, -0.1) is 0 Å². The Bertz CT molecular complexity index is 579. The average Bonchev–Trinajstić information content (AvgIpc) is 3.14. The third-order valence-corrected chi connectivity index (χ3v) is 5.42. The Labute approximate surface area is 144 Å². The molecule has 2 amide bonds. The molecule has 130 valence electrons. The maximum atomic E-state index is 12.0. The van der Waals surface area contributed by atoms with E-state index in [2.05, 4.69) is 34.9 Å². The molecule has 0 spiro atoms. The van der Waals surface area contributed by atoms with Gasteiger partial charge in [-0.3, -0.25) is 9.59 Å². The third-order valence-electron chi connectivity index (χ3n) is 5.42. The molecule has 2 aliphatic carbocycles. The summed E-state index contributed by atoms with van der Waals surface area (Å²) >= 11 is 0. The van der Waals surface area contributed by atoms with Crippen LogP contribution in [0.25, 0.3) is 0 Å². The Kier molecular flexibility index (Phi) is 5.89. The van der Waals surface area contributed by atoms with Crippen LogP contribution >= 0.6 is 0 Å². The minimum absolute atomic E-state index is 0.0322. The van der Waals surface area contributed by atoms with Crippen molar-refractivity contribution in [2.45, 2.75) is 57.3 Å². The highest BCUT2D eigenvalue weighted by atomic mass is 16.2. The smallest absolute Gasteiger partial charge is 0.223 e. The van der Waals surface area contributed by atoms with Crippen molar-refractivity contribution in [1.82, 2.24) is 10.6 Å². The van der Waals surface area contributed by atoms with E-state index >= 15 is 0 Å². The molecule has 1 saturated carbocycles. The van der Waals surface area contributed by atoms with E-state index in [-0.39, 0.29) is 17.7 Å². The second-order valence-electron chi connectivity index (χ2n) is 7.11. The number of hydrogen-bond donors (Lipinski definition) is 2. The lowest BCUT2D eigenvalue weighted by Crippen LogP contribution is -2.35. The van der Waals surface area contributed by atoms with Crippen LogP contribution in [-0.4, -0.2) is 24.9 Å². The molecule has 3 rings (SSSR count). The number of benzene rings is 1. The van der Waals surface area contributed by atoms with Gasteiger partial charge in [0, 0.05) is 31.3 Å². The van der Waals surface area contributed by atoms with Gasteiger partial charge in [0.2, 0.25) is 11.8 Å². The lowest BCUT2D eigenvalue weighted by molar-refractivity contribution is -0.125. The molecule has 1 aromatic carbocycles. The van der Waals surface area contributed by atoms with E-state index in [1.54, 1.807) is 0 Å². The van der Waals surface area contributed by atoms with Crippen molar-refractivity contribution in [3.63, 3.8) is 0 Å². The zero-order valence-corrected chi connectivity index (χ0v) is 14.4. The summed E-state index contributed by atoms with van der Waals surface area (Å²) in [5.41, 5.74) is 2.81. The van der Waals surface area contributed by atoms with Gasteiger partial charge in [0.15, 0.2) is 0 Å². The van der Waals surface area contributed by atoms with E-state index < -0.39 is 0 Å². The van der Waals surface area contributed by atoms with Crippen LogP contribution in [-0.2, 0) is 16.0 Å². The molecule has 0 saturated heterocycles. The maximum Gasteiger partial charge on any atom is 0.223 e. The second-order valence-corrected chi connectivity index (χ2v) is 7.11. The van der Waals surface area contributed by atoms with E-state index in [0.29, 0.717) is 25.4 Å². The summed E-state index contributed by atoms with van der Waals surface area (Å²) in [7, 11) is 0. The minimum atomic E-state index is 0.0322. The van der Waals surface area contributed by atoms with Gasteiger partial charge in [0.25, 0.3) is 0 Å². The molecule has 0 radical (unpaired) electrons. The Morgan fingerprint density at radius 3 is 2.62 bits per heavy atom. The highest BCUT2D eigenvalue weighted by Gasteiger charge is 2.22. The van der Waals surface area contributed by atoms with Gasteiger partial charge in [-0.05, 0) is 43.2 Å². The van der Waals surface area contributed by atoms with Crippen LogP contribution in [0.5, 0.6) is 0 Å². The second kappa shape index (κ2) is 8.32. The molecule has 2 N–H and O–H groups in total. The highest BCUT2D eigenvalue weighted by molar-refractivity contribution is 5.80. The first-order valence-corrected chi connectivity index (χ1v) is 9.36. The predicted molar refractivity (Wildman–Crippen MR) is 94.7 cm³/mol. The van der Waals surface area contributed by atoms with Crippen molar-refractivity contribution in [2.24, 2.45) is 5.92 Å². The summed E-state index contributed by atoms with van der Waals surface area (Å²) in [6.07, 6.45) is 8.15. The largest absolute Gasteiger partial charge is 0.355 e. The van der Waals surface area contributed by atoms with Crippen LogP contribution in [0, 0.1) is 5.92 Å². The molecule has 2 aliphatic rings. The standard InChI is InChI=1S/C20H28N2O2/c23-19(12-13-21-20(24)16-7-1-2-8-16)22-14-17-10-5-9-15-6-3-4-11-18(15)17/h3-4,6,11,16-17H,1-2,5,7-10,12-14H2,(H,21,24)(H,22,23)/t17-/m0/s1. The predicted octanol–water partition coefficient (Wildman–Crippen LogP) is 2.92. The van der Waals surface area contributed by atoms with Crippen LogP contribution in [0.4, 0.5) is 0 Å². The van der Waals surface area contributed by atoms with Crippen LogP contribution in [0.15, 0.2) is 24.3 Å². The molecule has 4 heteroatoms. The lowest BCUT2D eigenvalue weighted by Gasteiger charge is -2.25. The number of fused-ring (bicyclic) bond motifs is 1. The normalized spacial score (nSPS) is 20.4. The Morgan fingerprint density at radius 1 is 1.00 bits per heavy atom. The van der Waals surface area contributed by atoms with Crippen molar-refractivity contribution in [3.8, 4) is 0 Å². The summed E-state index contributed by atoms with van der Waals surface area (Å²) in [6, 6.07) is 8.55. The first-order chi connectivity index (χ1) is 11.7. The van der Waals surface area contributed by atoms with E-state index in [1.165, 1.54) is 17.5 Å². The molecule has 4 nitrogen and oxygen atoms in total. The molecule has 0 unspecified atom stereocenters. The number of carbonyl (C=O) groups excluding carboxylic acids is 2. The van der Waals surface area contributed by atoms with Gasteiger partial charge in [0.05, 0.1) is 0 Å². The zero-order chi connectivity index (χ0) is 16.8. The van der Waals surface area contributed by atoms with Gasteiger partial charge in [-0.1, -0.05) is 37.1 Å². The first kappa shape index (κ1) is 17.0. The van der Waals surface area contributed by atoms with Crippen LogP contribution in [0.2, 0.25) is 0 Å². The fourth-order valence-corrected chi connectivity index (χ4v) is 4.02. The van der Waals surface area contributed by atoms with Crippen LogP contribution < -0.4 is 10.6 Å². The summed E-state index contributed by atoms with van der Waals surface area (Å²) in [5, 5.41) is 5.96. The lowest BCUT2D eigenvalue weighted by atomic mass is 9.83. The monoisotopic (exact) mass is 328 g/mol. The number of nitrogens with one attached hydrogen (secondary N) is 2. The van der Waals surface area contributed by atoms with Crippen LogP contribution in [0.3, 0.4) is 0 Å². The molecule has 1 aromatic rings. The summed E-state index contributed by atoms with van der Waals surface area (Å²) in [6.45, 7) is 1.15. The summed E-state index contributed by atoms with van der Waals surface area (Å²) in [4.78, 5) is 24.0. The van der Waals surface area contributed by atoms with E-state index in [9.17, 15) is 9.59 Å². The van der Waals surface area contributed by atoms with Crippen molar-refractivity contribution in [2.75, 3.05) is 13.1 Å². The van der Waals surface area contributed by atoms with E-state index in [0.717, 1.165) is 38.5 Å². The zero-order valence-electron chi connectivity index (χ0n) is 14.4. The quantitative estimate of drug-likeness (QED) is 0.843. The fraction of sp³-hybridized carbons (Fsp3) is 0.600. The number of aryl methyl sites for hydroxylation is 1. The van der Waals surface area contributed by atoms with Gasteiger partial charge in [0.1, 0.15) is 0 Å². The molecule has 24 heavy (non-hydrogen) atoms. The van der Waals surface area contributed by atoms with Crippen molar-refractivity contribution >= 4 is 11.8 Å². The molecule has 0 heterocycles. The maximum absolute atomic E-state index is 12.0. The summed E-state index contributed by atoms with van der Waals surface area (Å²) in [5.74, 6) is 0.755. The molecule has 1 fully saturated rings. The van der Waals surface area contributed by atoms with Crippen molar-refractivity contribution in [1.29, 1.82) is 0 Å². The highest BCUT2D eigenvalue weighted by Crippen LogP contribution is 2.30. The number of rotatable bonds is 6. The molecule has 0 aromatic heterocycles. The molecular formula is C20H28N2O2. The topological polar surface area (TPSA) is 58.2 Å². The van der Waals surface area contributed by atoms with Gasteiger partial charge >= 0.3 is 0 Å². The fourth-order valence-electron chi connectivity index (χ4n) is 4.02. The van der Waals surface area contributed by atoms with Crippen LogP contribution in [0.1, 0.15) is 62.0 Å². The van der Waals surface area contributed by atoms with Crippen molar-refractivity contribution in [3.05, 3.63) is 35.4 Å². The van der Waals surface area contributed by atoms with Gasteiger partial charge in [-0.25, -0.2) is 0 Å². The summed E-state index contributed by atoms with van der Waals surface area (Å²) < 4.78 is 0. The average molecular weight is 328 g/mol. The number of hydrogen-bond acceptors (Lipinski definition) is 2. The Balaban J connectivity index is 1.38. The minimum Gasteiger partial charge on any atom is -0.355 e. The Hall–Kier alpha value is -1.84. The number of carbonyl (C=O) groups is 2. The third kappa shape index (κ3) is 4.37. The van der Waals surface area contributed by atoms with Crippen molar-refractivity contribution < 1.29 is 9.59 Å². The molecule has 0 aliphatic heterocycles. The Morgan fingerprint density at radius 2 is 1.79 bits per heavy atom.